The van der Waals surface area contributed by atoms with Crippen molar-refractivity contribution in [3.63, 3.8) is 0 Å². The van der Waals surface area contributed by atoms with Crippen LogP contribution in [0.5, 0.6) is 0 Å². The summed E-state index contributed by atoms with van der Waals surface area (Å²) in [6.07, 6.45) is 0.623. The Kier molecular flexibility index (Phi) is 4.72. The van der Waals surface area contributed by atoms with Crippen molar-refractivity contribution in [3.05, 3.63) is 68.9 Å². The first-order valence-electron chi connectivity index (χ1n) is 5.74. The van der Waals surface area contributed by atoms with E-state index in [1.165, 1.54) is 12.1 Å². The lowest BCUT2D eigenvalue weighted by Gasteiger charge is -2.03. The van der Waals surface area contributed by atoms with Crippen molar-refractivity contribution in [1.82, 2.24) is 0 Å². The number of halogens is 3. The summed E-state index contributed by atoms with van der Waals surface area (Å²) in [6, 6.07) is 12.0. The molecule has 0 spiro atoms. The maximum Gasteiger partial charge on any atom is 0.141 e. The lowest BCUT2D eigenvalue weighted by Crippen LogP contribution is -2.06. The molecule has 98 valence electrons. The molecule has 0 amide bonds. The number of ketones is 1. The summed E-state index contributed by atoms with van der Waals surface area (Å²) in [5, 5.41) is 0.0499. The van der Waals surface area contributed by atoms with Gasteiger partial charge in [0.25, 0.3) is 0 Å². The van der Waals surface area contributed by atoms with Crippen molar-refractivity contribution >= 4 is 33.3 Å². The van der Waals surface area contributed by atoms with Crippen LogP contribution in [0.25, 0.3) is 0 Å². The second kappa shape index (κ2) is 6.31. The van der Waals surface area contributed by atoms with Gasteiger partial charge < -0.3 is 0 Å². The Morgan fingerprint density at radius 1 is 1.05 bits per heavy atom. The molecule has 0 heterocycles. The van der Waals surface area contributed by atoms with E-state index in [1.807, 2.05) is 24.3 Å². The summed E-state index contributed by atoms with van der Waals surface area (Å²) < 4.78 is 14.0. The van der Waals surface area contributed by atoms with E-state index in [4.69, 9.17) is 11.6 Å². The zero-order chi connectivity index (χ0) is 13.8. The molecule has 19 heavy (non-hydrogen) atoms. The number of Topliss-reactive ketones (excluding diaryl/α,β-unsaturated/α-hetero) is 1. The highest BCUT2D eigenvalue weighted by atomic mass is 79.9. The molecule has 0 N–H and O–H groups in total. The van der Waals surface area contributed by atoms with Crippen LogP contribution >= 0.6 is 27.5 Å². The van der Waals surface area contributed by atoms with Crippen LogP contribution in [-0.2, 0) is 17.6 Å². The van der Waals surface area contributed by atoms with Crippen molar-refractivity contribution < 1.29 is 9.18 Å². The van der Waals surface area contributed by atoms with Gasteiger partial charge in [0, 0.05) is 17.3 Å². The fourth-order valence-electron chi connectivity index (χ4n) is 1.77. The van der Waals surface area contributed by atoms with Gasteiger partial charge in [0.15, 0.2) is 0 Å². The van der Waals surface area contributed by atoms with Gasteiger partial charge in [-0.1, -0.05) is 45.7 Å². The average Bonchev–Trinajstić information content (AvgIpc) is 2.37. The third-order valence-corrected chi connectivity index (χ3v) is 3.52. The number of carbonyl (C=O) groups is 1. The molecule has 0 bridgehead atoms. The van der Waals surface area contributed by atoms with Crippen LogP contribution in [0.4, 0.5) is 4.39 Å². The Morgan fingerprint density at radius 3 is 2.26 bits per heavy atom. The maximum absolute atomic E-state index is 13.0. The predicted octanol–water partition coefficient (Wildman–Crippen LogP) is 4.60. The Balaban J connectivity index is 2.01. The highest BCUT2D eigenvalue weighted by Crippen LogP contribution is 2.17. The van der Waals surface area contributed by atoms with Crippen LogP contribution in [0, 0.1) is 5.82 Å². The molecule has 2 aromatic rings. The third kappa shape index (κ3) is 4.15. The second-order valence-electron chi connectivity index (χ2n) is 4.27. The average molecular weight is 342 g/mol. The normalized spacial score (nSPS) is 10.5. The summed E-state index contributed by atoms with van der Waals surface area (Å²) in [4.78, 5) is 11.9. The third-order valence-electron chi connectivity index (χ3n) is 2.70. The molecule has 0 fully saturated rings. The first kappa shape index (κ1) is 14.2. The Hall–Kier alpha value is -1.19. The van der Waals surface area contributed by atoms with Gasteiger partial charge in [-0.25, -0.2) is 4.39 Å². The summed E-state index contributed by atoms with van der Waals surface area (Å²) in [5.74, 6) is -0.393. The quantitative estimate of drug-likeness (QED) is 0.794. The minimum absolute atomic E-state index is 0.0499. The van der Waals surface area contributed by atoms with E-state index in [2.05, 4.69) is 15.9 Å². The number of carbonyl (C=O) groups excluding carboxylic acids is 1. The highest BCUT2D eigenvalue weighted by Gasteiger charge is 2.07. The fraction of sp³-hybridized carbons (Fsp3) is 0.133. The molecular formula is C15H11BrClFO. The molecule has 0 aliphatic carbocycles. The zero-order valence-corrected chi connectivity index (χ0v) is 12.3. The molecule has 0 radical (unpaired) electrons. The summed E-state index contributed by atoms with van der Waals surface area (Å²) in [7, 11) is 0. The molecule has 4 heteroatoms. The fourth-order valence-corrected chi connectivity index (χ4v) is 2.24. The topological polar surface area (TPSA) is 17.1 Å². The summed E-state index contributed by atoms with van der Waals surface area (Å²) in [5.41, 5.74) is 1.69. The van der Waals surface area contributed by atoms with Crippen molar-refractivity contribution in [3.8, 4) is 0 Å². The Labute approximate surface area is 124 Å². The molecule has 2 aromatic carbocycles. The van der Waals surface area contributed by atoms with Crippen molar-refractivity contribution in [2.75, 3.05) is 0 Å². The van der Waals surface area contributed by atoms with E-state index in [-0.39, 0.29) is 17.2 Å². The van der Waals surface area contributed by atoms with Gasteiger partial charge in [0.2, 0.25) is 0 Å². The summed E-state index contributed by atoms with van der Waals surface area (Å²) >= 11 is 9.03. The van der Waals surface area contributed by atoms with Gasteiger partial charge in [-0.3, -0.25) is 4.79 Å². The molecule has 0 unspecified atom stereocenters. The monoisotopic (exact) mass is 340 g/mol. The minimum atomic E-state index is -0.467. The zero-order valence-electron chi connectivity index (χ0n) is 10.00. The number of rotatable bonds is 4. The second-order valence-corrected chi connectivity index (χ2v) is 5.59. The van der Waals surface area contributed by atoms with Gasteiger partial charge in [0.1, 0.15) is 11.6 Å². The molecule has 2 rings (SSSR count). The van der Waals surface area contributed by atoms with E-state index >= 15 is 0 Å². The first-order chi connectivity index (χ1) is 9.04. The first-order valence-corrected chi connectivity index (χ1v) is 6.92. The molecular weight excluding hydrogens is 331 g/mol. The van der Waals surface area contributed by atoms with Gasteiger partial charge >= 0.3 is 0 Å². The van der Waals surface area contributed by atoms with Gasteiger partial charge in [0.05, 0.1) is 5.02 Å². The molecule has 0 saturated carbocycles. The van der Waals surface area contributed by atoms with Crippen LogP contribution in [-0.4, -0.2) is 5.78 Å². The number of hydrogen-bond acceptors (Lipinski definition) is 1. The van der Waals surface area contributed by atoms with Crippen LogP contribution in [0.2, 0.25) is 5.02 Å². The van der Waals surface area contributed by atoms with Crippen LogP contribution in [0.3, 0.4) is 0 Å². The number of benzene rings is 2. The predicted molar refractivity (Wildman–Crippen MR) is 78.0 cm³/mol. The van der Waals surface area contributed by atoms with E-state index in [1.54, 1.807) is 6.07 Å². The van der Waals surface area contributed by atoms with Crippen molar-refractivity contribution in [1.29, 1.82) is 0 Å². The maximum atomic E-state index is 13.0. The van der Waals surface area contributed by atoms with Crippen LogP contribution < -0.4 is 0 Å². The smallest absolute Gasteiger partial charge is 0.141 e. The highest BCUT2D eigenvalue weighted by molar-refractivity contribution is 9.10. The lowest BCUT2D eigenvalue weighted by atomic mass is 10.0. The van der Waals surface area contributed by atoms with Crippen molar-refractivity contribution in [2.45, 2.75) is 12.8 Å². The molecule has 0 aromatic heterocycles. The largest absolute Gasteiger partial charge is 0.299 e. The van der Waals surface area contributed by atoms with Crippen LogP contribution in [0.1, 0.15) is 11.1 Å². The lowest BCUT2D eigenvalue weighted by molar-refractivity contribution is -0.117. The minimum Gasteiger partial charge on any atom is -0.299 e. The molecule has 0 atom stereocenters. The standard InChI is InChI=1S/C15H11BrClFO/c16-12-4-1-10(2-5-12)7-13(19)8-11-3-6-15(18)14(17)9-11/h1-6,9H,7-8H2. The van der Waals surface area contributed by atoms with Gasteiger partial charge in [-0.05, 0) is 35.4 Å². The molecule has 1 nitrogen and oxygen atoms in total. The van der Waals surface area contributed by atoms with Crippen molar-refractivity contribution in [2.24, 2.45) is 0 Å². The SMILES string of the molecule is O=C(Cc1ccc(Br)cc1)Cc1ccc(F)c(Cl)c1. The van der Waals surface area contributed by atoms with E-state index in [0.717, 1.165) is 15.6 Å². The van der Waals surface area contributed by atoms with Gasteiger partial charge in [-0.15, -0.1) is 0 Å². The Morgan fingerprint density at radius 2 is 1.63 bits per heavy atom. The molecule has 0 aliphatic rings. The molecule has 0 aliphatic heterocycles. The van der Waals surface area contributed by atoms with E-state index in [9.17, 15) is 9.18 Å². The number of hydrogen-bond donors (Lipinski definition) is 0. The Bertz CT molecular complexity index is 596. The van der Waals surface area contributed by atoms with Gasteiger partial charge in [-0.2, -0.15) is 0 Å². The van der Waals surface area contributed by atoms with E-state index < -0.39 is 5.82 Å². The molecule has 0 saturated heterocycles. The summed E-state index contributed by atoms with van der Waals surface area (Å²) in [6.45, 7) is 0. The van der Waals surface area contributed by atoms with Crippen LogP contribution in [0.15, 0.2) is 46.9 Å². The van der Waals surface area contributed by atoms with E-state index in [0.29, 0.717) is 6.42 Å².